The second-order valence-electron chi connectivity index (χ2n) is 12.0. The summed E-state index contributed by atoms with van der Waals surface area (Å²) < 4.78 is 7.74. The lowest BCUT2D eigenvalue weighted by molar-refractivity contribution is 0.660. The van der Waals surface area contributed by atoms with Gasteiger partial charge in [-0.15, -0.1) is 11.3 Å². The van der Waals surface area contributed by atoms with Crippen molar-refractivity contribution in [2.75, 3.05) is 4.90 Å². The van der Waals surface area contributed by atoms with Crippen LogP contribution in [0.3, 0.4) is 0 Å². The third-order valence-corrected chi connectivity index (χ3v) is 10.2. The standard InChI is InChI=1S/C40H28N2OS/c1-40(2)32-16-8-6-13-28(32)29-21-19-26(23-33(29)40)42(35-17-10-15-31-30-14-7-9-18-36(30)43-38(31)35)27-20-22-34-37(24-27)44-39(41-34)25-11-4-3-5-12-25/h3-24H,1-2H3. The quantitative estimate of drug-likeness (QED) is 0.206. The van der Waals surface area contributed by atoms with Gasteiger partial charge in [-0.3, -0.25) is 0 Å². The number of thiazole rings is 1. The molecule has 1 aliphatic carbocycles. The van der Waals surface area contributed by atoms with E-state index < -0.39 is 0 Å². The van der Waals surface area contributed by atoms with E-state index in [1.165, 1.54) is 22.3 Å². The predicted molar refractivity (Wildman–Crippen MR) is 185 cm³/mol. The van der Waals surface area contributed by atoms with Gasteiger partial charge in [0.05, 0.1) is 15.9 Å². The summed E-state index contributed by atoms with van der Waals surface area (Å²) in [5.74, 6) is 0. The highest BCUT2D eigenvalue weighted by atomic mass is 32.1. The molecule has 2 heterocycles. The van der Waals surface area contributed by atoms with Gasteiger partial charge in [0, 0.05) is 33.1 Å². The van der Waals surface area contributed by atoms with Crippen LogP contribution in [-0.2, 0) is 5.41 Å². The van der Waals surface area contributed by atoms with E-state index in [0.29, 0.717) is 0 Å². The van der Waals surface area contributed by atoms with E-state index in [-0.39, 0.29) is 5.41 Å². The van der Waals surface area contributed by atoms with Gasteiger partial charge >= 0.3 is 0 Å². The zero-order valence-electron chi connectivity index (χ0n) is 24.4. The van der Waals surface area contributed by atoms with Crippen LogP contribution < -0.4 is 4.90 Å². The third kappa shape index (κ3) is 3.71. The molecule has 3 nitrogen and oxygen atoms in total. The van der Waals surface area contributed by atoms with Crippen molar-refractivity contribution in [3.63, 3.8) is 0 Å². The zero-order valence-corrected chi connectivity index (χ0v) is 25.2. The summed E-state index contributed by atoms with van der Waals surface area (Å²) in [4.78, 5) is 7.33. The number of para-hydroxylation sites is 2. The summed E-state index contributed by atoms with van der Waals surface area (Å²) in [6.07, 6.45) is 0. The van der Waals surface area contributed by atoms with E-state index in [9.17, 15) is 0 Å². The molecule has 8 aromatic rings. The molecule has 0 saturated heterocycles. The molecule has 0 spiro atoms. The van der Waals surface area contributed by atoms with Crippen molar-refractivity contribution in [2.24, 2.45) is 0 Å². The molecule has 0 atom stereocenters. The largest absolute Gasteiger partial charge is 0.454 e. The number of rotatable bonds is 4. The van der Waals surface area contributed by atoms with Crippen molar-refractivity contribution in [2.45, 2.75) is 19.3 Å². The van der Waals surface area contributed by atoms with Gasteiger partial charge in [-0.2, -0.15) is 0 Å². The fourth-order valence-corrected chi connectivity index (χ4v) is 7.93. The maximum absolute atomic E-state index is 6.59. The number of furan rings is 1. The Labute approximate surface area is 259 Å². The van der Waals surface area contributed by atoms with Crippen LogP contribution in [0.4, 0.5) is 17.1 Å². The van der Waals surface area contributed by atoms with E-state index in [1.54, 1.807) is 11.3 Å². The average molecular weight is 585 g/mol. The molecule has 9 rings (SSSR count). The van der Waals surface area contributed by atoms with Crippen molar-refractivity contribution in [1.29, 1.82) is 0 Å². The first kappa shape index (κ1) is 25.3. The summed E-state index contributed by atoms with van der Waals surface area (Å²) in [6.45, 7) is 4.67. The molecule has 0 N–H and O–H groups in total. The Kier molecular flexibility index (Phi) is 5.41. The van der Waals surface area contributed by atoms with E-state index >= 15 is 0 Å². The molecule has 0 aliphatic heterocycles. The normalized spacial score (nSPS) is 13.4. The maximum Gasteiger partial charge on any atom is 0.159 e. The Bertz CT molecular complexity index is 2380. The molecule has 4 heteroatoms. The molecular weight excluding hydrogens is 557 g/mol. The van der Waals surface area contributed by atoms with Gasteiger partial charge in [0.1, 0.15) is 10.6 Å². The maximum atomic E-state index is 6.59. The topological polar surface area (TPSA) is 29.3 Å². The number of nitrogens with zero attached hydrogens (tertiary/aromatic N) is 2. The predicted octanol–water partition coefficient (Wildman–Crippen LogP) is 11.6. The molecule has 0 unspecified atom stereocenters. The molecule has 6 aromatic carbocycles. The Morgan fingerprint density at radius 1 is 0.636 bits per heavy atom. The number of fused-ring (bicyclic) bond motifs is 7. The second kappa shape index (κ2) is 9.40. The van der Waals surface area contributed by atoms with Gasteiger partial charge in [-0.1, -0.05) is 105 Å². The summed E-state index contributed by atoms with van der Waals surface area (Å²) in [7, 11) is 0. The molecule has 0 amide bonds. The number of hydrogen-bond acceptors (Lipinski definition) is 4. The van der Waals surface area contributed by atoms with Crippen LogP contribution in [0.25, 0.3) is 53.9 Å². The molecule has 210 valence electrons. The van der Waals surface area contributed by atoms with E-state index in [4.69, 9.17) is 9.40 Å². The SMILES string of the molecule is CC1(C)c2ccccc2-c2ccc(N(c3ccc4nc(-c5ccccc5)sc4c3)c3cccc4c3oc3ccccc34)cc21. The summed E-state index contributed by atoms with van der Waals surface area (Å²) in [5.41, 5.74) is 12.3. The molecule has 1 aliphatic rings. The van der Waals surface area contributed by atoms with Gasteiger partial charge in [-0.25, -0.2) is 4.98 Å². The minimum absolute atomic E-state index is 0.106. The molecular formula is C40H28N2OS. The van der Waals surface area contributed by atoms with Crippen molar-refractivity contribution in [3.8, 4) is 21.7 Å². The van der Waals surface area contributed by atoms with Crippen LogP contribution >= 0.6 is 11.3 Å². The Morgan fingerprint density at radius 2 is 1.36 bits per heavy atom. The van der Waals surface area contributed by atoms with Crippen LogP contribution in [0.2, 0.25) is 0 Å². The molecule has 2 aromatic heterocycles. The number of hydrogen-bond donors (Lipinski definition) is 0. The van der Waals surface area contributed by atoms with Crippen LogP contribution in [0, 0.1) is 0 Å². The Hall–Kier alpha value is -5.19. The monoisotopic (exact) mass is 584 g/mol. The second-order valence-corrected chi connectivity index (χ2v) is 13.1. The van der Waals surface area contributed by atoms with Crippen LogP contribution in [0.5, 0.6) is 0 Å². The van der Waals surface area contributed by atoms with Crippen LogP contribution in [0.15, 0.2) is 138 Å². The fourth-order valence-electron chi connectivity index (χ4n) is 6.92. The lowest BCUT2D eigenvalue weighted by Crippen LogP contribution is -2.16. The van der Waals surface area contributed by atoms with Crippen molar-refractivity contribution in [3.05, 3.63) is 145 Å². The lowest BCUT2D eigenvalue weighted by atomic mass is 9.82. The number of benzene rings is 6. The van der Waals surface area contributed by atoms with E-state index in [0.717, 1.165) is 59.8 Å². The highest BCUT2D eigenvalue weighted by Crippen LogP contribution is 2.51. The first-order valence-corrected chi connectivity index (χ1v) is 15.8. The zero-order chi connectivity index (χ0) is 29.4. The van der Waals surface area contributed by atoms with Crippen molar-refractivity contribution >= 4 is 60.6 Å². The molecule has 0 radical (unpaired) electrons. The van der Waals surface area contributed by atoms with Gasteiger partial charge in [-0.05, 0) is 64.7 Å². The smallest absolute Gasteiger partial charge is 0.159 e. The van der Waals surface area contributed by atoms with Crippen LogP contribution in [0.1, 0.15) is 25.0 Å². The summed E-state index contributed by atoms with van der Waals surface area (Å²) >= 11 is 1.73. The van der Waals surface area contributed by atoms with Gasteiger partial charge in [0.25, 0.3) is 0 Å². The third-order valence-electron chi connectivity index (χ3n) is 9.10. The van der Waals surface area contributed by atoms with E-state index in [1.807, 2.05) is 18.2 Å². The molecule has 0 bridgehead atoms. The van der Waals surface area contributed by atoms with E-state index in [2.05, 4.69) is 134 Å². The molecule has 0 fully saturated rings. The summed E-state index contributed by atoms with van der Waals surface area (Å²) in [6, 6.07) is 47.5. The minimum atomic E-state index is -0.106. The Balaban J connectivity index is 1.28. The summed E-state index contributed by atoms with van der Waals surface area (Å²) in [5, 5.41) is 3.27. The van der Waals surface area contributed by atoms with Gasteiger partial charge < -0.3 is 9.32 Å². The lowest BCUT2D eigenvalue weighted by Gasteiger charge is -2.28. The van der Waals surface area contributed by atoms with Crippen molar-refractivity contribution in [1.82, 2.24) is 4.98 Å². The van der Waals surface area contributed by atoms with Crippen LogP contribution in [-0.4, -0.2) is 4.98 Å². The van der Waals surface area contributed by atoms with Gasteiger partial charge in [0.15, 0.2) is 5.58 Å². The number of anilines is 3. The highest BCUT2D eigenvalue weighted by Gasteiger charge is 2.36. The van der Waals surface area contributed by atoms with Crippen molar-refractivity contribution < 1.29 is 4.42 Å². The number of aromatic nitrogens is 1. The average Bonchev–Trinajstić information content (AvgIpc) is 3.73. The molecule has 44 heavy (non-hydrogen) atoms. The molecule has 0 saturated carbocycles. The van der Waals surface area contributed by atoms with Gasteiger partial charge in [0.2, 0.25) is 0 Å². The Morgan fingerprint density at radius 3 is 2.27 bits per heavy atom. The minimum Gasteiger partial charge on any atom is -0.454 e. The highest BCUT2D eigenvalue weighted by molar-refractivity contribution is 7.21. The first-order chi connectivity index (χ1) is 21.6. The fraction of sp³-hybridized carbons (Fsp3) is 0.0750. The first-order valence-electron chi connectivity index (χ1n) is 15.0.